The van der Waals surface area contributed by atoms with Crippen molar-refractivity contribution in [1.29, 1.82) is 0 Å². The first kappa shape index (κ1) is 33.1. The van der Waals surface area contributed by atoms with Crippen LogP contribution in [0.1, 0.15) is 53.4 Å². The Hall–Kier alpha value is -2.75. The van der Waals surface area contributed by atoms with Crippen molar-refractivity contribution in [2.75, 3.05) is 39.3 Å². The quantitative estimate of drug-likeness (QED) is 0.226. The summed E-state index contributed by atoms with van der Waals surface area (Å²) in [7, 11) is 0. The number of aliphatic hydroxyl groups excluding tert-OH is 1. The van der Waals surface area contributed by atoms with E-state index < -0.39 is 0 Å². The average molecular weight is 632 g/mol. The molecule has 2 aliphatic rings. The number of aliphatic hydroxyl groups is 1. The van der Waals surface area contributed by atoms with E-state index in [0.717, 1.165) is 91.7 Å². The number of aryl methyl sites for hydroxylation is 2. The number of nitrogens with one attached hydrogen (secondary N) is 2. The lowest BCUT2D eigenvalue weighted by Gasteiger charge is -2.37. The highest BCUT2D eigenvalue weighted by Crippen LogP contribution is 2.30. The number of aromatic nitrogens is 1. The summed E-state index contributed by atoms with van der Waals surface area (Å²) in [5, 5.41) is 15.2. The fraction of sp³-hybridized carbons (Fsp3) is 0.485. The van der Waals surface area contributed by atoms with Crippen molar-refractivity contribution in [2.24, 2.45) is 5.92 Å². The van der Waals surface area contributed by atoms with Crippen LogP contribution in [0.4, 0.5) is 0 Å². The molecule has 2 aliphatic heterocycles. The van der Waals surface area contributed by atoms with Crippen molar-refractivity contribution in [3.8, 4) is 5.75 Å². The maximum Gasteiger partial charge on any atom is 0.267 e. The summed E-state index contributed by atoms with van der Waals surface area (Å²) in [6, 6.07) is 12.1. The highest BCUT2D eigenvalue weighted by molar-refractivity contribution is 5.99. The zero-order chi connectivity index (χ0) is 28.5. The number of ether oxygens (including phenoxy) is 1. The molecular formula is C33H44Cl2N4O4. The third-order valence-electron chi connectivity index (χ3n) is 9.12. The van der Waals surface area contributed by atoms with Crippen LogP contribution >= 0.6 is 24.8 Å². The minimum absolute atomic E-state index is 0. The number of aromatic amines is 1. The van der Waals surface area contributed by atoms with Gasteiger partial charge in [0.2, 0.25) is 0 Å². The van der Waals surface area contributed by atoms with E-state index in [-0.39, 0.29) is 42.9 Å². The molecule has 43 heavy (non-hydrogen) atoms. The van der Waals surface area contributed by atoms with Crippen molar-refractivity contribution in [2.45, 2.75) is 58.8 Å². The lowest BCUT2D eigenvalue weighted by Crippen LogP contribution is -2.48. The Labute approximate surface area is 265 Å². The van der Waals surface area contributed by atoms with Crippen LogP contribution in [-0.2, 0) is 6.61 Å². The molecule has 3 N–H and O–H groups in total. The number of hydrogen-bond acceptors (Lipinski definition) is 6. The Morgan fingerprint density at radius 3 is 2.51 bits per heavy atom. The van der Waals surface area contributed by atoms with Crippen molar-refractivity contribution < 1.29 is 19.1 Å². The smallest absolute Gasteiger partial charge is 0.267 e. The first-order valence-corrected chi connectivity index (χ1v) is 15.0. The molecule has 1 amide bonds. The predicted octanol–water partition coefficient (Wildman–Crippen LogP) is 5.85. The summed E-state index contributed by atoms with van der Waals surface area (Å²) < 4.78 is 12.0. The van der Waals surface area contributed by atoms with Gasteiger partial charge in [0.25, 0.3) is 5.91 Å². The molecule has 0 unspecified atom stereocenters. The fourth-order valence-electron chi connectivity index (χ4n) is 6.25. The summed E-state index contributed by atoms with van der Waals surface area (Å²) >= 11 is 0. The summed E-state index contributed by atoms with van der Waals surface area (Å²) in [6.45, 7) is 12.7. The molecule has 2 fully saturated rings. The highest BCUT2D eigenvalue weighted by Gasteiger charge is 2.26. The van der Waals surface area contributed by atoms with Crippen LogP contribution in [0.3, 0.4) is 0 Å². The van der Waals surface area contributed by atoms with Crippen molar-refractivity contribution in [3.63, 3.8) is 0 Å². The Morgan fingerprint density at radius 1 is 1.02 bits per heavy atom. The van der Waals surface area contributed by atoms with Gasteiger partial charge in [0.1, 0.15) is 23.6 Å². The van der Waals surface area contributed by atoms with Gasteiger partial charge in [-0.2, -0.15) is 0 Å². The molecule has 10 heteroatoms. The second-order valence-corrected chi connectivity index (χ2v) is 12.1. The van der Waals surface area contributed by atoms with E-state index in [0.29, 0.717) is 18.2 Å². The van der Waals surface area contributed by atoms with Gasteiger partial charge in [-0.05, 0) is 80.5 Å². The van der Waals surface area contributed by atoms with Crippen molar-refractivity contribution >= 4 is 52.6 Å². The van der Waals surface area contributed by atoms with Crippen LogP contribution < -0.4 is 10.1 Å². The molecule has 2 saturated heterocycles. The molecule has 2 aromatic carbocycles. The summed E-state index contributed by atoms with van der Waals surface area (Å²) in [5.74, 6) is 1.02. The second-order valence-electron chi connectivity index (χ2n) is 12.1. The molecule has 0 bridgehead atoms. The zero-order valence-electron chi connectivity index (χ0n) is 25.2. The maximum absolute atomic E-state index is 13.2. The number of carbonyl (C=O) groups is 1. The molecule has 0 radical (unpaired) electrons. The Morgan fingerprint density at radius 2 is 1.74 bits per heavy atom. The molecule has 4 heterocycles. The first-order chi connectivity index (χ1) is 19.8. The second kappa shape index (κ2) is 14.4. The number of hydrogen-bond donors (Lipinski definition) is 3. The van der Waals surface area contributed by atoms with Gasteiger partial charge in [0, 0.05) is 67.2 Å². The Bertz CT molecular complexity index is 1530. The molecule has 0 spiro atoms. The fourth-order valence-corrected chi connectivity index (χ4v) is 6.25. The SMILES string of the molecule is Cc1cc2occ(COc3cccc4[nH]c(C(=O)NC5CCN(CCN6CC[C@H](O)[C@@H](C)C6)CC5)cc34)c2cc1C.Cl.Cl. The number of piperidine rings is 2. The number of fused-ring (bicyclic) bond motifs is 2. The van der Waals surface area contributed by atoms with E-state index in [4.69, 9.17) is 9.15 Å². The number of amides is 1. The largest absolute Gasteiger partial charge is 0.488 e. The molecule has 2 atom stereocenters. The van der Waals surface area contributed by atoms with Crippen LogP contribution in [0.25, 0.3) is 21.9 Å². The number of halogens is 2. The van der Waals surface area contributed by atoms with E-state index in [1.165, 1.54) is 11.1 Å². The molecule has 2 aromatic heterocycles. The van der Waals surface area contributed by atoms with Gasteiger partial charge >= 0.3 is 0 Å². The van der Waals surface area contributed by atoms with Crippen LogP contribution in [0.5, 0.6) is 5.75 Å². The van der Waals surface area contributed by atoms with Gasteiger partial charge in [-0.15, -0.1) is 24.8 Å². The molecule has 8 nitrogen and oxygen atoms in total. The van der Waals surface area contributed by atoms with E-state index in [1.54, 1.807) is 6.26 Å². The Balaban J connectivity index is 0.00000212. The highest BCUT2D eigenvalue weighted by atomic mass is 35.5. The van der Waals surface area contributed by atoms with Gasteiger partial charge in [-0.1, -0.05) is 13.0 Å². The van der Waals surface area contributed by atoms with Crippen LogP contribution in [0.2, 0.25) is 0 Å². The van der Waals surface area contributed by atoms with E-state index in [1.807, 2.05) is 24.3 Å². The van der Waals surface area contributed by atoms with E-state index >= 15 is 0 Å². The average Bonchev–Trinajstić information content (AvgIpc) is 3.58. The van der Waals surface area contributed by atoms with Crippen molar-refractivity contribution in [1.82, 2.24) is 20.1 Å². The van der Waals surface area contributed by atoms with E-state index in [9.17, 15) is 9.90 Å². The summed E-state index contributed by atoms with van der Waals surface area (Å²) in [6.07, 6.45) is 4.39. The predicted molar refractivity (Wildman–Crippen MR) is 176 cm³/mol. The van der Waals surface area contributed by atoms with E-state index in [2.05, 4.69) is 53.0 Å². The van der Waals surface area contributed by atoms with Gasteiger partial charge in [-0.3, -0.25) is 4.79 Å². The van der Waals surface area contributed by atoms with Crippen molar-refractivity contribution in [3.05, 3.63) is 65.0 Å². The van der Waals surface area contributed by atoms with Crippen LogP contribution in [-0.4, -0.2) is 77.2 Å². The van der Waals surface area contributed by atoms with Gasteiger partial charge < -0.3 is 34.4 Å². The number of likely N-dealkylation sites (tertiary alicyclic amines) is 2. The Kier molecular flexibility index (Phi) is 11.1. The monoisotopic (exact) mass is 630 g/mol. The van der Waals surface area contributed by atoms with Gasteiger partial charge in [0.15, 0.2) is 0 Å². The standard InChI is InChI=1S/C33H42N4O4.2ClH/c1-21-15-26-24(20-41-32(26)16-22(21)2)19-40-31-6-4-5-28-27(31)17-29(35-28)33(39)34-25-7-10-36(11-8-25)13-14-37-12-9-30(38)23(3)18-37;;/h4-6,15-17,20,23,25,30,35,38H,7-14,18-19H2,1-3H3,(H,34,39);2*1H/t23-,30-;;/m0../s1. The third-order valence-corrected chi connectivity index (χ3v) is 9.12. The van der Waals surface area contributed by atoms with Crippen LogP contribution in [0.15, 0.2) is 47.1 Å². The molecule has 234 valence electrons. The number of furan rings is 1. The van der Waals surface area contributed by atoms with Crippen LogP contribution in [0, 0.1) is 19.8 Å². The number of carbonyl (C=O) groups excluding carboxylic acids is 1. The lowest BCUT2D eigenvalue weighted by molar-refractivity contribution is 0.0301. The number of nitrogens with zero attached hydrogens (tertiary/aromatic N) is 2. The molecule has 6 rings (SSSR count). The minimum Gasteiger partial charge on any atom is -0.488 e. The minimum atomic E-state index is -0.154. The molecule has 0 aliphatic carbocycles. The summed E-state index contributed by atoms with van der Waals surface area (Å²) in [5.41, 5.74) is 5.74. The topological polar surface area (TPSA) is 94.0 Å². The third kappa shape index (κ3) is 7.49. The normalized spacial score (nSPS) is 20.1. The number of rotatable bonds is 8. The molecular weight excluding hydrogens is 587 g/mol. The summed E-state index contributed by atoms with van der Waals surface area (Å²) in [4.78, 5) is 21.4. The van der Waals surface area contributed by atoms with Gasteiger partial charge in [0.05, 0.1) is 12.4 Å². The number of benzene rings is 2. The molecule has 0 saturated carbocycles. The first-order valence-electron chi connectivity index (χ1n) is 15.0. The maximum atomic E-state index is 13.2. The lowest BCUT2D eigenvalue weighted by atomic mass is 9.97. The number of H-pyrrole nitrogens is 1. The zero-order valence-corrected chi connectivity index (χ0v) is 26.9. The molecule has 4 aromatic rings. The van der Waals surface area contributed by atoms with Gasteiger partial charge in [-0.25, -0.2) is 0 Å².